The minimum absolute atomic E-state index is 0.0209. The predicted octanol–water partition coefficient (Wildman–Crippen LogP) is 2.52. The Morgan fingerprint density at radius 3 is 2.55 bits per heavy atom. The molecule has 11 nitrogen and oxygen atoms in total. The van der Waals surface area contributed by atoms with Gasteiger partial charge in [-0.3, -0.25) is 23.9 Å². The molecular formula is C29H33ClFN7O4. The average Bonchev–Trinajstić information content (AvgIpc) is 3.74. The number of aromatic nitrogens is 2. The number of nitrogens with one attached hydrogen (secondary N) is 2. The molecule has 5 rings (SSSR count). The summed E-state index contributed by atoms with van der Waals surface area (Å²) in [6.07, 6.45) is 3.05. The van der Waals surface area contributed by atoms with E-state index in [1.807, 2.05) is 7.05 Å². The number of hydrogen-bond donors (Lipinski definition) is 3. The summed E-state index contributed by atoms with van der Waals surface area (Å²) >= 11 is 5.81. The van der Waals surface area contributed by atoms with Gasteiger partial charge < -0.3 is 26.2 Å². The normalized spacial score (nSPS) is 15.9. The molecule has 1 aliphatic carbocycles. The van der Waals surface area contributed by atoms with Gasteiger partial charge >= 0.3 is 0 Å². The maximum atomic E-state index is 14.2. The molecule has 2 aliphatic rings. The van der Waals surface area contributed by atoms with Gasteiger partial charge in [-0.05, 0) is 70.1 Å². The smallest absolute Gasteiger partial charge is 0.269 e. The van der Waals surface area contributed by atoms with Crippen molar-refractivity contribution in [3.05, 3.63) is 58.5 Å². The van der Waals surface area contributed by atoms with E-state index in [0.29, 0.717) is 16.6 Å². The third kappa shape index (κ3) is 6.71. The number of nitrogens with zero attached hydrogens (tertiary/aromatic N) is 4. The number of rotatable bonds is 10. The lowest BCUT2D eigenvalue weighted by Gasteiger charge is -2.28. The molecule has 4 amide bonds. The van der Waals surface area contributed by atoms with Gasteiger partial charge in [0, 0.05) is 35.1 Å². The number of primary amides is 1. The van der Waals surface area contributed by atoms with Crippen LogP contribution in [-0.4, -0.2) is 75.9 Å². The van der Waals surface area contributed by atoms with Crippen LogP contribution in [0.1, 0.15) is 41.7 Å². The van der Waals surface area contributed by atoms with Crippen LogP contribution in [0.3, 0.4) is 0 Å². The number of likely N-dealkylation sites (tertiary alicyclic amines) is 1. The minimum atomic E-state index is -0.767. The molecule has 2 aromatic carbocycles. The zero-order valence-electron chi connectivity index (χ0n) is 23.2. The summed E-state index contributed by atoms with van der Waals surface area (Å²) < 4.78 is 15.6. The molecule has 1 saturated carbocycles. The van der Waals surface area contributed by atoms with Crippen molar-refractivity contribution in [2.75, 3.05) is 32.0 Å². The Balaban J connectivity index is 1.27. The van der Waals surface area contributed by atoms with Crippen molar-refractivity contribution in [2.45, 2.75) is 44.8 Å². The molecule has 42 heavy (non-hydrogen) atoms. The standard InChI is InChI=1S/C29H33ClFN7O4/c1-36-11-9-17(10-12-36)29(42)34-19-5-8-23-21(13-19)27(28(32)41)35-38(23)16-25(40)37(20-6-7-20)15-24(39)33-14-18-3-2-4-22(30)26(18)31/h2-5,8,13,17,20H,6-7,9-12,14-16H2,1H3,(H2,32,41)(H,33,39)(H,34,42). The Bertz CT molecular complexity index is 1530. The van der Waals surface area contributed by atoms with Crippen LogP contribution in [-0.2, 0) is 27.5 Å². The molecule has 0 radical (unpaired) electrons. The van der Waals surface area contributed by atoms with E-state index in [2.05, 4.69) is 20.6 Å². The maximum absolute atomic E-state index is 14.2. The molecule has 0 atom stereocenters. The third-order valence-corrected chi connectivity index (χ3v) is 8.05. The van der Waals surface area contributed by atoms with E-state index in [0.717, 1.165) is 38.8 Å². The number of halogens is 2. The first-order valence-corrected chi connectivity index (χ1v) is 14.3. The highest BCUT2D eigenvalue weighted by Crippen LogP contribution is 2.28. The number of benzene rings is 2. The molecule has 13 heteroatoms. The quantitative estimate of drug-likeness (QED) is 0.328. The molecule has 3 aromatic rings. The molecule has 0 bridgehead atoms. The van der Waals surface area contributed by atoms with Crippen LogP contribution in [0.5, 0.6) is 0 Å². The first-order valence-electron chi connectivity index (χ1n) is 13.9. The Hall–Kier alpha value is -4.03. The number of carbonyl (C=O) groups excluding carboxylic acids is 4. The van der Waals surface area contributed by atoms with Crippen LogP contribution in [0.25, 0.3) is 10.9 Å². The summed E-state index contributed by atoms with van der Waals surface area (Å²) in [5.41, 5.74) is 6.82. The number of nitrogens with two attached hydrogens (primary N) is 1. The van der Waals surface area contributed by atoms with Crippen LogP contribution < -0.4 is 16.4 Å². The number of piperidine rings is 1. The highest BCUT2D eigenvalue weighted by atomic mass is 35.5. The van der Waals surface area contributed by atoms with Crippen LogP contribution >= 0.6 is 11.6 Å². The zero-order valence-corrected chi connectivity index (χ0v) is 24.0. The van der Waals surface area contributed by atoms with Crippen molar-refractivity contribution in [3.63, 3.8) is 0 Å². The number of carbonyl (C=O) groups is 4. The lowest BCUT2D eigenvalue weighted by molar-refractivity contribution is -0.137. The molecule has 0 spiro atoms. The van der Waals surface area contributed by atoms with Crippen molar-refractivity contribution in [1.82, 2.24) is 24.9 Å². The molecule has 4 N–H and O–H groups in total. The number of anilines is 1. The molecule has 1 aromatic heterocycles. The Labute approximate surface area is 247 Å². The van der Waals surface area contributed by atoms with Crippen molar-refractivity contribution in [3.8, 4) is 0 Å². The van der Waals surface area contributed by atoms with Crippen LogP contribution in [0.2, 0.25) is 5.02 Å². The second-order valence-corrected chi connectivity index (χ2v) is 11.3. The molecule has 2 heterocycles. The highest BCUT2D eigenvalue weighted by Gasteiger charge is 2.34. The number of amides is 4. The van der Waals surface area contributed by atoms with E-state index >= 15 is 0 Å². The van der Waals surface area contributed by atoms with Crippen molar-refractivity contribution in [1.29, 1.82) is 0 Å². The number of hydrogen-bond acceptors (Lipinski definition) is 6. The van der Waals surface area contributed by atoms with Crippen molar-refractivity contribution < 1.29 is 23.6 Å². The lowest BCUT2D eigenvalue weighted by atomic mass is 9.96. The summed E-state index contributed by atoms with van der Waals surface area (Å²) in [5, 5.41) is 10.3. The Morgan fingerprint density at radius 1 is 1.12 bits per heavy atom. The first kappa shape index (κ1) is 29.5. The molecule has 222 valence electrons. The van der Waals surface area contributed by atoms with E-state index in [4.69, 9.17) is 17.3 Å². The van der Waals surface area contributed by atoms with E-state index < -0.39 is 17.6 Å². The third-order valence-electron chi connectivity index (χ3n) is 7.76. The Morgan fingerprint density at radius 2 is 1.86 bits per heavy atom. The topological polar surface area (TPSA) is 143 Å². The van der Waals surface area contributed by atoms with Crippen LogP contribution in [0.4, 0.5) is 10.1 Å². The highest BCUT2D eigenvalue weighted by molar-refractivity contribution is 6.30. The van der Waals surface area contributed by atoms with Gasteiger partial charge in [0.25, 0.3) is 5.91 Å². The van der Waals surface area contributed by atoms with Gasteiger partial charge in [0.2, 0.25) is 17.7 Å². The van der Waals surface area contributed by atoms with Crippen LogP contribution in [0, 0.1) is 11.7 Å². The molecule has 2 fully saturated rings. The summed E-state index contributed by atoms with van der Waals surface area (Å²) in [4.78, 5) is 54.8. The van der Waals surface area contributed by atoms with E-state index in [-0.39, 0.29) is 59.7 Å². The minimum Gasteiger partial charge on any atom is -0.364 e. The largest absolute Gasteiger partial charge is 0.364 e. The predicted molar refractivity (Wildman–Crippen MR) is 155 cm³/mol. The monoisotopic (exact) mass is 597 g/mol. The Kier molecular flexibility index (Phi) is 8.74. The van der Waals surface area contributed by atoms with Gasteiger partial charge in [0.05, 0.1) is 17.1 Å². The molecule has 1 aliphatic heterocycles. The van der Waals surface area contributed by atoms with Gasteiger partial charge in [0.1, 0.15) is 12.4 Å². The molecule has 1 saturated heterocycles. The van der Waals surface area contributed by atoms with E-state index in [1.165, 1.54) is 21.7 Å². The summed E-state index contributed by atoms with van der Waals surface area (Å²) in [7, 11) is 2.03. The van der Waals surface area contributed by atoms with Crippen molar-refractivity contribution >= 4 is 51.8 Å². The summed E-state index contributed by atoms with van der Waals surface area (Å²) in [6, 6.07) is 9.46. The lowest BCUT2D eigenvalue weighted by Crippen LogP contribution is -2.43. The van der Waals surface area contributed by atoms with Gasteiger partial charge in [-0.2, -0.15) is 5.10 Å². The maximum Gasteiger partial charge on any atom is 0.269 e. The van der Waals surface area contributed by atoms with Gasteiger partial charge in [-0.25, -0.2) is 4.39 Å². The molecule has 0 unspecified atom stereocenters. The van der Waals surface area contributed by atoms with Crippen LogP contribution in [0.15, 0.2) is 36.4 Å². The molecular weight excluding hydrogens is 565 g/mol. The number of fused-ring (bicyclic) bond motifs is 1. The average molecular weight is 598 g/mol. The first-order chi connectivity index (χ1) is 20.1. The second-order valence-electron chi connectivity index (χ2n) is 10.9. The zero-order chi connectivity index (χ0) is 30.0. The van der Waals surface area contributed by atoms with Gasteiger partial charge in [-0.15, -0.1) is 0 Å². The van der Waals surface area contributed by atoms with Gasteiger partial charge in [0.15, 0.2) is 5.69 Å². The fourth-order valence-corrected chi connectivity index (χ4v) is 5.38. The van der Waals surface area contributed by atoms with Gasteiger partial charge in [-0.1, -0.05) is 23.7 Å². The SMILES string of the molecule is CN1CCC(C(=O)Nc2ccc3c(c2)c(C(N)=O)nn3CC(=O)N(CC(=O)NCc2cccc(Cl)c2F)C2CC2)CC1. The fraction of sp³-hybridized carbons (Fsp3) is 0.414. The fourth-order valence-electron chi connectivity index (χ4n) is 5.19. The summed E-state index contributed by atoms with van der Waals surface area (Å²) in [6.45, 7) is 1.20. The second kappa shape index (κ2) is 12.5. The van der Waals surface area contributed by atoms with E-state index in [1.54, 1.807) is 24.3 Å². The summed E-state index contributed by atoms with van der Waals surface area (Å²) in [5.74, 6) is -2.35. The van der Waals surface area contributed by atoms with Crippen molar-refractivity contribution in [2.24, 2.45) is 11.7 Å². The van der Waals surface area contributed by atoms with E-state index in [9.17, 15) is 23.6 Å².